The van der Waals surface area contributed by atoms with Crippen LogP contribution in [0.25, 0.3) is 10.9 Å². The first-order chi connectivity index (χ1) is 9.23. The van der Waals surface area contributed by atoms with E-state index in [1.54, 1.807) is 20.8 Å². The third-order valence-electron chi connectivity index (χ3n) is 2.57. The molecule has 1 aromatic carbocycles. The summed E-state index contributed by atoms with van der Waals surface area (Å²) < 4.78 is 19.5. The molecule has 0 aliphatic carbocycles. The number of H-pyrrole nitrogens is 1. The van der Waals surface area contributed by atoms with Crippen molar-refractivity contribution in [1.82, 2.24) is 9.78 Å². The summed E-state index contributed by atoms with van der Waals surface area (Å²) >= 11 is 3.14. The number of halogens is 2. The summed E-state index contributed by atoms with van der Waals surface area (Å²) in [4.78, 5) is 24.0. The number of fused-ring (bicyclic) bond motifs is 1. The predicted octanol–water partition coefficient (Wildman–Crippen LogP) is 3.15. The fraction of sp³-hybridized carbons (Fsp3) is 0.385. The van der Waals surface area contributed by atoms with Crippen LogP contribution in [0.3, 0.4) is 0 Å². The number of nitrogens with zero attached hydrogens (tertiary/aromatic N) is 1. The van der Waals surface area contributed by atoms with Crippen molar-refractivity contribution in [3.8, 4) is 0 Å². The van der Waals surface area contributed by atoms with E-state index in [1.807, 2.05) is 0 Å². The third-order valence-corrected chi connectivity index (χ3v) is 3.18. The molecule has 0 spiro atoms. The first kappa shape index (κ1) is 14.8. The summed E-state index contributed by atoms with van der Waals surface area (Å²) in [7, 11) is 0. The minimum absolute atomic E-state index is 0.242. The van der Waals surface area contributed by atoms with Crippen LogP contribution in [-0.4, -0.2) is 21.5 Å². The van der Waals surface area contributed by atoms with Gasteiger partial charge in [0.1, 0.15) is 11.4 Å². The van der Waals surface area contributed by atoms with E-state index in [1.165, 1.54) is 12.1 Å². The average molecular weight is 345 g/mol. The maximum atomic E-state index is 13.7. The number of aromatic nitrogens is 2. The Morgan fingerprint density at radius 2 is 2.10 bits per heavy atom. The zero-order chi connectivity index (χ0) is 15.1. The third kappa shape index (κ3) is 2.77. The van der Waals surface area contributed by atoms with Gasteiger partial charge in [-0.25, -0.2) is 9.18 Å². The van der Waals surface area contributed by atoms with Crippen LogP contribution in [0.5, 0.6) is 0 Å². The number of benzene rings is 1. The molecular weight excluding hydrogens is 331 g/mol. The van der Waals surface area contributed by atoms with E-state index < -0.39 is 23.1 Å². The van der Waals surface area contributed by atoms with Crippen molar-refractivity contribution < 1.29 is 13.9 Å². The van der Waals surface area contributed by atoms with Crippen LogP contribution in [0.2, 0.25) is 0 Å². The number of hydrogen-bond donors (Lipinski definition) is 1. The van der Waals surface area contributed by atoms with Gasteiger partial charge in [0.2, 0.25) is 0 Å². The van der Waals surface area contributed by atoms with Gasteiger partial charge in [-0.05, 0) is 38.5 Å². The van der Waals surface area contributed by atoms with Gasteiger partial charge in [-0.2, -0.15) is 0 Å². The maximum Gasteiger partial charge on any atom is 0.436 e. The van der Waals surface area contributed by atoms with Crippen molar-refractivity contribution in [2.45, 2.75) is 31.7 Å². The second kappa shape index (κ2) is 5.05. The average Bonchev–Trinajstić information content (AvgIpc) is 2.63. The van der Waals surface area contributed by atoms with Gasteiger partial charge in [-0.1, -0.05) is 15.9 Å². The van der Waals surface area contributed by atoms with Gasteiger partial charge in [0, 0.05) is 5.33 Å². The van der Waals surface area contributed by atoms with Crippen LogP contribution in [0, 0.1) is 5.82 Å². The molecule has 2 aromatic rings. The summed E-state index contributed by atoms with van der Waals surface area (Å²) in [6, 6.07) is 2.60. The summed E-state index contributed by atoms with van der Waals surface area (Å²) in [6.45, 7) is 5.09. The van der Waals surface area contributed by atoms with Crippen molar-refractivity contribution in [2.24, 2.45) is 0 Å². The molecule has 0 atom stereocenters. The van der Waals surface area contributed by atoms with Crippen molar-refractivity contribution in [3.63, 3.8) is 0 Å². The fourth-order valence-corrected chi connectivity index (χ4v) is 2.15. The van der Waals surface area contributed by atoms with Gasteiger partial charge < -0.3 is 4.74 Å². The molecule has 0 amide bonds. The van der Waals surface area contributed by atoms with Crippen LogP contribution >= 0.6 is 15.9 Å². The summed E-state index contributed by atoms with van der Waals surface area (Å²) in [5, 5.41) is 3.08. The van der Waals surface area contributed by atoms with Crippen molar-refractivity contribution >= 4 is 32.9 Å². The standard InChI is InChI=1S/C13H14BrFN2O3/c1-13(2,3)20-12(19)17-11(18)8-4-7(6-14)9(15)5-10(8)16-17/h4-5,16H,6H2,1-3H3. The highest BCUT2D eigenvalue weighted by molar-refractivity contribution is 9.08. The van der Waals surface area contributed by atoms with Gasteiger partial charge in [0.05, 0.1) is 10.9 Å². The van der Waals surface area contributed by atoms with Crippen molar-refractivity contribution in [1.29, 1.82) is 0 Å². The minimum atomic E-state index is -0.820. The molecular formula is C13H14BrFN2O3. The number of carbonyl (C=O) groups excluding carboxylic acids is 1. The second-order valence-corrected chi connectivity index (χ2v) is 5.92. The number of rotatable bonds is 1. The highest BCUT2D eigenvalue weighted by Gasteiger charge is 2.21. The van der Waals surface area contributed by atoms with Gasteiger partial charge in [0.15, 0.2) is 0 Å². The molecule has 1 N–H and O–H groups in total. The maximum absolute atomic E-state index is 13.7. The van der Waals surface area contributed by atoms with Crippen LogP contribution < -0.4 is 5.56 Å². The molecule has 0 aliphatic heterocycles. The van der Waals surface area contributed by atoms with E-state index in [0.29, 0.717) is 5.56 Å². The molecule has 5 nitrogen and oxygen atoms in total. The van der Waals surface area contributed by atoms with Crippen molar-refractivity contribution in [2.75, 3.05) is 0 Å². The Morgan fingerprint density at radius 1 is 1.45 bits per heavy atom. The summed E-state index contributed by atoms with van der Waals surface area (Å²) in [6.07, 6.45) is -0.820. The Bertz CT molecular complexity index is 728. The largest absolute Gasteiger partial charge is 0.442 e. The Hall–Kier alpha value is -1.63. The van der Waals surface area contributed by atoms with Crippen LogP contribution in [0.4, 0.5) is 9.18 Å². The quantitative estimate of drug-likeness (QED) is 0.808. The van der Waals surface area contributed by atoms with E-state index in [4.69, 9.17) is 4.74 Å². The van der Waals surface area contributed by atoms with Crippen LogP contribution in [-0.2, 0) is 10.1 Å². The number of aromatic amines is 1. The fourth-order valence-electron chi connectivity index (χ4n) is 1.72. The van der Waals surface area contributed by atoms with Crippen LogP contribution in [0.15, 0.2) is 16.9 Å². The number of ether oxygens (including phenoxy) is 1. The molecule has 108 valence electrons. The van der Waals surface area contributed by atoms with Gasteiger partial charge in [-0.15, -0.1) is 4.68 Å². The zero-order valence-electron chi connectivity index (χ0n) is 11.3. The molecule has 7 heteroatoms. The first-order valence-electron chi connectivity index (χ1n) is 5.95. The molecule has 2 rings (SSSR count). The van der Waals surface area contributed by atoms with Gasteiger partial charge >= 0.3 is 6.09 Å². The molecule has 0 aliphatic rings. The van der Waals surface area contributed by atoms with Crippen molar-refractivity contribution in [3.05, 3.63) is 33.9 Å². The lowest BCUT2D eigenvalue weighted by Crippen LogP contribution is -2.32. The first-order valence-corrected chi connectivity index (χ1v) is 7.07. The molecule has 1 aromatic heterocycles. The molecule has 0 saturated carbocycles. The Morgan fingerprint density at radius 3 is 2.65 bits per heavy atom. The zero-order valence-corrected chi connectivity index (χ0v) is 12.9. The second-order valence-electron chi connectivity index (χ2n) is 5.36. The monoisotopic (exact) mass is 344 g/mol. The van der Waals surface area contributed by atoms with Crippen LogP contribution in [0.1, 0.15) is 26.3 Å². The topological polar surface area (TPSA) is 64.1 Å². The summed E-state index contributed by atoms with van der Waals surface area (Å²) in [5.74, 6) is -0.452. The van der Waals surface area contributed by atoms with Gasteiger partial charge in [-0.3, -0.25) is 9.89 Å². The minimum Gasteiger partial charge on any atom is -0.442 e. The Labute approximate surface area is 122 Å². The number of carbonyl (C=O) groups is 1. The molecule has 0 radical (unpaired) electrons. The lowest BCUT2D eigenvalue weighted by atomic mass is 10.2. The Balaban J connectivity index is 2.54. The summed E-state index contributed by atoms with van der Waals surface area (Å²) in [5.41, 5.74) is -0.676. The number of nitrogens with one attached hydrogen (secondary N) is 1. The number of alkyl halides is 1. The molecule has 0 fully saturated rings. The van der Waals surface area contributed by atoms with E-state index >= 15 is 0 Å². The molecule has 0 bridgehead atoms. The molecule has 1 heterocycles. The smallest absolute Gasteiger partial charge is 0.436 e. The number of hydrogen-bond acceptors (Lipinski definition) is 3. The van der Waals surface area contributed by atoms with E-state index in [9.17, 15) is 14.0 Å². The highest BCUT2D eigenvalue weighted by Crippen LogP contribution is 2.18. The SMILES string of the molecule is CC(C)(C)OC(=O)n1[nH]c2cc(F)c(CBr)cc2c1=O. The normalized spacial score (nSPS) is 11.8. The van der Waals surface area contributed by atoms with E-state index in [-0.39, 0.29) is 16.2 Å². The van der Waals surface area contributed by atoms with E-state index in [0.717, 1.165) is 4.68 Å². The molecule has 20 heavy (non-hydrogen) atoms. The Kier molecular flexibility index (Phi) is 3.73. The van der Waals surface area contributed by atoms with Gasteiger partial charge in [0.25, 0.3) is 5.56 Å². The van der Waals surface area contributed by atoms with E-state index in [2.05, 4.69) is 21.0 Å². The highest BCUT2D eigenvalue weighted by atomic mass is 79.9. The lowest BCUT2D eigenvalue weighted by molar-refractivity contribution is 0.0510. The molecule has 0 unspecified atom stereocenters. The molecule has 0 saturated heterocycles. The lowest BCUT2D eigenvalue weighted by Gasteiger charge is -2.18. The predicted molar refractivity (Wildman–Crippen MR) is 76.8 cm³/mol.